The predicted octanol–water partition coefficient (Wildman–Crippen LogP) is 3.04. The fourth-order valence-electron chi connectivity index (χ4n) is 1.48. The molecule has 2 nitrogen and oxygen atoms in total. The molecule has 100 valence electrons. The molecular weight excluding hydrogens is 304 g/mol. The lowest BCUT2D eigenvalue weighted by molar-refractivity contribution is -0.120. The Bertz CT molecular complexity index is 412. The maximum Gasteiger partial charge on any atom is 0.224 e. The smallest absolute Gasteiger partial charge is 0.224 e. The zero-order valence-electron chi connectivity index (χ0n) is 10.2. The summed E-state index contributed by atoms with van der Waals surface area (Å²) >= 11 is 3.33. The monoisotopic (exact) mass is 319 g/mol. The first-order valence-corrected chi connectivity index (χ1v) is 6.91. The number of hydrogen-bond donors (Lipinski definition) is 1. The van der Waals surface area contributed by atoms with Gasteiger partial charge in [-0.2, -0.15) is 0 Å². The molecule has 1 aromatic carbocycles. The summed E-state index contributed by atoms with van der Waals surface area (Å²) in [4.78, 5) is 11.6. The van der Waals surface area contributed by atoms with Gasteiger partial charge in [0.15, 0.2) is 0 Å². The molecule has 0 aliphatic heterocycles. The summed E-state index contributed by atoms with van der Waals surface area (Å²) in [5, 5.41) is 3.62. The van der Waals surface area contributed by atoms with Gasteiger partial charge in [-0.1, -0.05) is 28.9 Å². The van der Waals surface area contributed by atoms with Crippen LogP contribution in [-0.2, 0) is 11.2 Å². The van der Waals surface area contributed by atoms with Crippen molar-refractivity contribution in [1.29, 1.82) is 0 Å². The Morgan fingerprint density at radius 3 is 2.78 bits per heavy atom. The molecule has 0 radical (unpaired) electrons. The molecule has 18 heavy (non-hydrogen) atoms. The van der Waals surface area contributed by atoms with Gasteiger partial charge in [0.2, 0.25) is 5.91 Å². The maximum atomic E-state index is 13.3. The van der Waals surface area contributed by atoms with Crippen molar-refractivity contribution in [1.82, 2.24) is 5.32 Å². The van der Waals surface area contributed by atoms with E-state index in [4.69, 9.17) is 0 Å². The number of halogens is 3. The molecule has 0 bridgehead atoms. The SMILES string of the molecule is CC(CCBr)CNC(=O)Cc1ccc(F)cc1F. The van der Waals surface area contributed by atoms with E-state index in [9.17, 15) is 13.6 Å². The van der Waals surface area contributed by atoms with Crippen molar-refractivity contribution in [2.75, 3.05) is 11.9 Å². The second-order valence-corrected chi connectivity index (χ2v) is 5.09. The Hall–Kier alpha value is -0.970. The van der Waals surface area contributed by atoms with Gasteiger partial charge in [0.05, 0.1) is 6.42 Å². The van der Waals surface area contributed by atoms with Crippen molar-refractivity contribution in [2.45, 2.75) is 19.8 Å². The molecule has 0 aliphatic rings. The minimum Gasteiger partial charge on any atom is -0.356 e. The Balaban J connectivity index is 2.44. The quantitative estimate of drug-likeness (QED) is 0.802. The van der Waals surface area contributed by atoms with E-state index in [1.807, 2.05) is 6.92 Å². The van der Waals surface area contributed by atoms with Crippen LogP contribution < -0.4 is 5.32 Å². The first-order valence-electron chi connectivity index (χ1n) is 5.79. The van der Waals surface area contributed by atoms with Gasteiger partial charge in [0.25, 0.3) is 0 Å². The molecule has 1 atom stereocenters. The van der Waals surface area contributed by atoms with Crippen LogP contribution in [0.25, 0.3) is 0 Å². The van der Waals surface area contributed by atoms with E-state index in [-0.39, 0.29) is 17.9 Å². The molecule has 5 heteroatoms. The fraction of sp³-hybridized carbons (Fsp3) is 0.462. The van der Waals surface area contributed by atoms with E-state index in [0.717, 1.165) is 23.9 Å². The number of carbonyl (C=O) groups is 1. The molecular formula is C13H16BrF2NO. The van der Waals surface area contributed by atoms with E-state index in [1.165, 1.54) is 6.07 Å². The number of amides is 1. The first kappa shape index (κ1) is 15.1. The van der Waals surface area contributed by atoms with Crippen LogP contribution in [0.2, 0.25) is 0 Å². The molecule has 1 unspecified atom stereocenters. The Labute approximate surface area is 114 Å². The average Bonchev–Trinajstić information content (AvgIpc) is 2.31. The van der Waals surface area contributed by atoms with Crippen LogP contribution in [0, 0.1) is 17.6 Å². The van der Waals surface area contributed by atoms with Crippen LogP contribution in [0.15, 0.2) is 18.2 Å². The molecule has 0 saturated heterocycles. The molecule has 0 heterocycles. The first-order chi connectivity index (χ1) is 8.52. The largest absolute Gasteiger partial charge is 0.356 e. The fourth-order valence-corrected chi connectivity index (χ4v) is 2.26. The summed E-state index contributed by atoms with van der Waals surface area (Å²) in [5.74, 6) is -1.20. The molecule has 1 aromatic rings. The van der Waals surface area contributed by atoms with E-state index in [0.29, 0.717) is 12.5 Å². The highest BCUT2D eigenvalue weighted by atomic mass is 79.9. The zero-order valence-corrected chi connectivity index (χ0v) is 11.8. The molecule has 0 spiro atoms. The van der Waals surface area contributed by atoms with Crippen molar-refractivity contribution >= 4 is 21.8 Å². The second-order valence-electron chi connectivity index (χ2n) is 4.30. The molecule has 1 amide bonds. The van der Waals surface area contributed by atoms with Gasteiger partial charge in [-0.05, 0) is 24.0 Å². The average molecular weight is 320 g/mol. The Kier molecular flexibility index (Phi) is 6.25. The highest BCUT2D eigenvalue weighted by molar-refractivity contribution is 9.09. The van der Waals surface area contributed by atoms with E-state index >= 15 is 0 Å². The maximum absolute atomic E-state index is 13.3. The van der Waals surface area contributed by atoms with Crippen LogP contribution in [0.5, 0.6) is 0 Å². The lowest BCUT2D eigenvalue weighted by Crippen LogP contribution is -2.30. The number of rotatable bonds is 6. The van der Waals surface area contributed by atoms with E-state index in [2.05, 4.69) is 21.2 Å². The molecule has 1 rings (SSSR count). The summed E-state index contributed by atoms with van der Waals surface area (Å²) in [6, 6.07) is 3.24. The van der Waals surface area contributed by atoms with Crippen LogP contribution in [0.3, 0.4) is 0 Å². The van der Waals surface area contributed by atoms with E-state index in [1.54, 1.807) is 0 Å². The summed E-state index contributed by atoms with van der Waals surface area (Å²) < 4.78 is 26.0. The lowest BCUT2D eigenvalue weighted by Gasteiger charge is -2.11. The number of carbonyl (C=O) groups excluding carboxylic acids is 1. The van der Waals surface area contributed by atoms with Gasteiger partial charge in [0.1, 0.15) is 11.6 Å². The molecule has 0 aromatic heterocycles. The van der Waals surface area contributed by atoms with Crippen molar-refractivity contribution in [3.05, 3.63) is 35.4 Å². The minimum atomic E-state index is -0.682. The third-order valence-corrected chi connectivity index (χ3v) is 3.07. The van der Waals surface area contributed by atoms with Gasteiger partial charge in [-0.15, -0.1) is 0 Å². The third kappa shape index (κ3) is 5.12. The zero-order chi connectivity index (χ0) is 13.5. The number of hydrogen-bond acceptors (Lipinski definition) is 1. The molecule has 1 N–H and O–H groups in total. The third-order valence-electron chi connectivity index (χ3n) is 2.62. The topological polar surface area (TPSA) is 29.1 Å². The van der Waals surface area contributed by atoms with Crippen LogP contribution >= 0.6 is 15.9 Å². The summed E-state index contributed by atoms with van der Waals surface area (Å²) in [5.41, 5.74) is 0.210. The Morgan fingerprint density at radius 2 is 2.17 bits per heavy atom. The number of nitrogens with one attached hydrogen (secondary N) is 1. The predicted molar refractivity (Wildman–Crippen MR) is 70.6 cm³/mol. The summed E-state index contributed by atoms with van der Waals surface area (Å²) in [7, 11) is 0. The number of alkyl halides is 1. The molecule has 0 aliphatic carbocycles. The summed E-state index contributed by atoms with van der Waals surface area (Å²) in [6.07, 6.45) is 0.901. The van der Waals surface area contributed by atoms with Crippen molar-refractivity contribution in [3.8, 4) is 0 Å². The van der Waals surface area contributed by atoms with Crippen LogP contribution in [-0.4, -0.2) is 17.8 Å². The van der Waals surface area contributed by atoms with Crippen molar-refractivity contribution in [2.24, 2.45) is 5.92 Å². The van der Waals surface area contributed by atoms with Gasteiger partial charge in [-0.25, -0.2) is 8.78 Å². The normalized spacial score (nSPS) is 12.2. The van der Waals surface area contributed by atoms with Crippen molar-refractivity contribution in [3.63, 3.8) is 0 Å². The van der Waals surface area contributed by atoms with Gasteiger partial charge in [-0.3, -0.25) is 4.79 Å². The highest BCUT2D eigenvalue weighted by Crippen LogP contribution is 2.10. The summed E-state index contributed by atoms with van der Waals surface area (Å²) in [6.45, 7) is 2.59. The van der Waals surface area contributed by atoms with E-state index < -0.39 is 11.6 Å². The van der Waals surface area contributed by atoms with Gasteiger partial charge in [0, 0.05) is 17.9 Å². The van der Waals surface area contributed by atoms with Crippen LogP contribution in [0.4, 0.5) is 8.78 Å². The standard InChI is InChI=1S/C13H16BrF2NO/c1-9(4-5-14)8-17-13(18)6-10-2-3-11(15)7-12(10)16/h2-3,7,9H,4-6,8H2,1H3,(H,17,18). The molecule has 0 saturated carbocycles. The van der Waals surface area contributed by atoms with Crippen LogP contribution in [0.1, 0.15) is 18.9 Å². The lowest BCUT2D eigenvalue weighted by atomic mass is 10.1. The highest BCUT2D eigenvalue weighted by Gasteiger charge is 2.10. The Morgan fingerprint density at radius 1 is 1.44 bits per heavy atom. The van der Waals surface area contributed by atoms with Crippen molar-refractivity contribution < 1.29 is 13.6 Å². The van der Waals surface area contributed by atoms with Gasteiger partial charge < -0.3 is 5.32 Å². The minimum absolute atomic E-state index is 0.0624. The number of benzene rings is 1. The molecule has 0 fully saturated rings. The van der Waals surface area contributed by atoms with Gasteiger partial charge >= 0.3 is 0 Å². The second kappa shape index (κ2) is 7.46.